The van der Waals surface area contributed by atoms with Gasteiger partial charge in [0.1, 0.15) is 23.0 Å². The standard InChI is InChI=1S/C72H80N8O8/c1-85-53-29-21-49(22-30-53)61-59(47-17-9-43(39-83)10-18-47)67-74-65-57(45-13-5-41(37-81)6-14-45)58(46-15-7-42(38-82)8-16-46)66(73-65)75-68-60(48-19-11-44(40-84)12-20-48)62(50-23-31-54(86-2)32-24-50)70(77-68)79-72-64(52-27-35-56(88-4)36-28-52)63(71(80-72)78-69(61)76-67)51-25-33-55(87-3)34-26-51/h5-36,57-84H,37-40H2,1-4H3. The monoisotopic (exact) mass is 1180 g/mol. The van der Waals surface area contributed by atoms with Crippen molar-refractivity contribution < 1.29 is 39.4 Å². The molecular formula is C72H80N8O8. The Labute approximate surface area is 515 Å². The lowest BCUT2D eigenvalue weighted by Gasteiger charge is -2.33. The minimum atomic E-state index is -0.379. The summed E-state index contributed by atoms with van der Waals surface area (Å²) in [5, 5.41) is 76.1. The molecule has 12 N–H and O–H groups in total. The van der Waals surface area contributed by atoms with E-state index in [9.17, 15) is 20.4 Å². The first-order valence-corrected chi connectivity index (χ1v) is 30.6. The summed E-state index contributed by atoms with van der Waals surface area (Å²) in [5.41, 5.74) is 12.1. The van der Waals surface area contributed by atoms with Gasteiger partial charge in [0.25, 0.3) is 0 Å². The fraction of sp³-hybridized carbons (Fsp3) is 0.333. The summed E-state index contributed by atoms with van der Waals surface area (Å²) in [6, 6.07) is 67.5. The van der Waals surface area contributed by atoms with E-state index in [2.05, 4.69) is 164 Å². The topological polar surface area (TPSA) is 214 Å². The Bertz CT molecular complexity index is 2860. The molecule has 16 heteroatoms. The maximum Gasteiger partial charge on any atom is 0.118 e. The minimum Gasteiger partial charge on any atom is -0.497 e. The number of benzene rings is 8. The molecule has 16 nitrogen and oxygen atoms in total. The van der Waals surface area contributed by atoms with Crippen molar-refractivity contribution in [3.05, 3.63) is 261 Å². The molecule has 0 spiro atoms. The van der Waals surface area contributed by atoms with E-state index in [1.807, 2.05) is 72.8 Å². The Balaban J connectivity index is 1.04. The van der Waals surface area contributed by atoms with Gasteiger partial charge in [-0.1, -0.05) is 146 Å². The van der Waals surface area contributed by atoms with Crippen LogP contribution in [0.25, 0.3) is 0 Å². The molecular weight excluding hydrogens is 1100 g/mol. The normalized spacial score (nSPS) is 29.2. The largest absolute Gasteiger partial charge is 0.497 e. The predicted molar refractivity (Wildman–Crippen MR) is 339 cm³/mol. The van der Waals surface area contributed by atoms with E-state index in [-0.39, 0.29) is 123 Å². The molecule has 5 heterocycles. The van der Waals surface area contributed by atoms with Gasteiger partial charge in [-0.15, -0.1) is 0 Å². The van der Waals surface area contributed by atoms with E-state index in [1.165, 1.54) is 0 Å². The van der Waals surface area contributed by atoms with Gasteiger partial charge in [-0.2, -0.15) is 0 Å². The smallest absolute Gasteiger partial charge is 0.118 e. The van der Waals surface area contributed by atoms with E-state index in [4.69, 9.17) is 18.9 Å². The maximum absolute atomic E-state index is 10.4. The number of rotatable bonds is 16. The fourth-order valence-corrected chi connectivity index (χ4v) is 15.1. The van der Waals surface area contributed by atoms with Crippen LogP contribution in [0.1, 0.15) is 114 Å². The lowest BCUT2D eigenvalue weighted by Crippen LogP contribution is -2.61. The maximum atomic E-state index is 10.4. The van der Waals surface area contributed by atoms with Gasteiger partial charge in [-0.05, 0) is 115 Å². The Morgan fingerprint density at radius 3 is 0.455 bits per heavy atom. The lowest BCUT2D eigenvalue weighted by molar-refractivity contribution is 0.280. The highest BCUT2D eigenvalue weighted by molar-refractivity contribution is 5.45. The summed E-state index contributed by atoms with van der Waals surface area (Å²) >= 11 is 0. The van der Waals surface area contributed by atoms with Crippen LogP contribution in [0.4, 0.5) is 0 Å². The van der Waals surface area contributed by atoms with Crippen LogP contribution in [0.5, 0.6) is 23.0 Å². The van der Waals surface area contributed by atoms with Crippen LogP contribution in [0.15, 0.2) is 194 Å². The Hall–Kier alpha value is -7.52. The van der Waals surface area contributed by atoms with Crippen LogP contribution in [-0.4, -0.2) is 98.2 Å². The molecule has 88 heavy (non-hydrogen) atoms. The first kappa shape index (κ1) is 59.4. The SMILES string of the molecule is COc1ccc(C2C3NC(NC4NC(NC5NC(NC6NC(N3)C(c3ccc(OC)cc3)C6c3ccc(OC)cc3)C(c3ccc(OC)cc3)C5c3ccc(CO)cc3)C(c3ccc(CO)cc3)C4c3ccc(CO)cc3)C2c2ccc(CO)cc2)cc1. The average Bonchev–Trinajstić information content (AvgIpc) is 1.86. The van der Waals surface area contributed by atoms with Gasteiger partial charge in [0.2, 0.25) is 0 Å². The molecule has 456 valence electrons. The van der Waals surface area contributed by atoms with Crippen molar-refractivity contribution in [3.8, 4) is 23.0 Å². The average molecular weight is 1190 g/mol. The molecule has 8 aromatic rings. The number of aliphatic hydroxyl groups excluding tert-OH is 4. The molecule has 0 aliphatic carbocycles. The van der Waals surface area contributed by atoms with E-state index < -0.39 is 0 Å². The summed E-state index contributed by atoms with van der Waals surface area (Å²) in [4.78, 5) is 0. The molecule has 5 aliphatic rings. The number of fused-ring (bicyclic) bond motifs is 8. The lowest BCUT2D eigenvalue weighted by atomic mass is 9.78. The van der Waals surface area contributed by atoms with Crippen LogP contribution in [0.3, 0.4) is 0 Å². The van der Waals surface area contributed by atoms with Gasteiger partial charge >= 0.3 is 0 Å². The zero-order chi connectivity index (χ0) is 60.4. The van der Waals surface area contributed by atoms with Crippen molar-refractivity contribution >= 4 is 0 Å². The molecule has 0 aromatic heterocycles. The molecule has 16 unspecified atom stereocenters. The van der Waals surface area contributed by atoms with Crippen LogP contribution in [0.2, 0.25) is 0 Å². The molecule has 8 aromatic carbocycles. The van der Waals surface area contributed by atoms with Gasteiger partial charge in [0.05, 0.1) is 104 Å². The fourth-order valence-electron chi connectivity index (χ4n) is 15.1. The highest BCUT2D eigenvalue weighted by Crippen LogP contribution is 2.51. The van der Waals surface area contributed by atoms with Crippen LogP contribution in [0, 0.1) is 0 Å². The first-order valence-electron chi connectivity index (χ1n) is 30.6. The second kappa shape index (κ2) is 26.3. The van der Waals surface area contributed by atoms with Crippen molar-refractivity contribution in [3.63, 3.8) is 0 Å². The zero-order valence-electron chi connectivity index (χ0n) is 50.0. The summed E-state index contributed by atoms with van der Waals surface area (Å²) < 4.78 is 23.2. The van der Waals surface area contributed by atoms with Crippen LogP contribution < -0.4 is 61.5 Å². The van der Waals surface area contributed by atoms with Crippen molar-refractivity contribution in [1.82, 2.24) is 42.5 Å². The number of hydrogen-bond donors (Lipinski definition) is 12. The molecule has 0 amide bonds. The molecule has 0 saturated carbocycles. The molecule has 13 rings (SSSR count). The van der Waals surface area contributed by atoms with E-state index in [1.54, 1.807) is 28.4 Å². The predicted octanol–water partition coefficient (Wildman–Crippen LogP) is 7.65. The molecule has 8 bridgehead atoms. The Morgan fingerprint density at radius 1 is 0.216 bits per heavy atom. The Morgan fingerprint density at radius 2 is 0.341 bits per heavy atom. The number of aliphatic hydroxyl groups is 4. The number of ether oxygens (including phenoxy) is 4. The van der Waals surface area contributed by atoms with E-state index in [0.717, 1.165) is 89.8 Å². The third-order valence-electron chi connectivity index (χ3n) is 19.5. The summed E-state index contributed by atoms with van der Waals surface area (Å²) in [5.74, 6) is 1.57. The van der Waals surface area contributed by atoms with Crippen LogP contribution in [-0.2, 0) is 26.4 Å². The van der Waals surface area contributed by atoms with Crippen molar-refractivity contribution in [2.45, 2.75) is 123 Å². The molecule has 16 atom stereocenters. The number of methoxy groups -OCH3 is 4. The molecule has 5 aliphatic heterocycles. The second-order valence-electron chi connectivity index (χ2n) is 24.1. The van der Waals surface area contributed by atoms with Crippen LogP contribution >= 0.6 is 0 Å². The van der Waals surface area contributed by atoms with Gasteiger partial charge in [0, 0.05) is 47.3 Å². The molecule has 5 fully saturated rings. The minimum absolute atomic E-state index is 0.0776. The highest BCUT2D eigenvalue weighted by Gasteiger charge is 2.56. The third kappa shape index (κ3) is 11.7. The second-order valence-corrected chi connectivity index (χ2v) is 24.1. The Kier molecular flexibility index (Phi) is 17.8. The highest BCUT2D eigenvalue weighted by atomic mass is 16.5. The number of hydrogen-bond acceptors (Lipinski definition) is 16. The molecule has 0 radical (unpaired) electrons. The molecule has 5 saturated heterocycles. The van der Waals surface area contributed by atoms with Gasteiger partial charge in [-0.3, -0.25) is 42.5 Å². The van der Waals surface area contributed by atoms with Crippen molar-refractivity contribution in [2.24, 2.45) is 0 Å². The first-order chi connectivity index (χ1) is 43.2. The zero-order valence-corrected chi connectivity index (χ0v) is 50.0. The summed E-state index contributed by atoms with van der Waals surface area (Å²) in [6.07, 6.45) is -2.92. The summed E-state index contributed by atoms with van der Waals surface area (Å²) in [6.45, 7) is -0.321. The van der Waals surface area contributed by atoms with Gasteiger partial charge in [-0.25, -0.2) is 0 Å². The van der Waals surface area contributed by atoms with E-state index in [0.29, 0.717) is 0 Å². The van der Waals surface area contributed by atoms with Gasteiger partial charge < -0.3 is 39.4 Å². The van der Waals surface area contributed by atoms with Crippen molar-refractivity contribution in [2.75, 3.05) is 28.4 Å². The summed E-state index contributed by atoms with van der Waals surface area (Å²) in [7, 11) is 6.80. The number of nitrogens with one attached hydrogen (secondary N) is 8. The van der Waals surface area contributed by atoms with Crippen molar-refractivity contribution in [1.29, 1.82) is 0 Å². The quantitative estimate of drug-likeness (QED) is 0.0448. The van der Waals surface area contributed by atoms with E-state index >= 15 is 0 Å². The third-order valence-corrected chi connectivity index (χ3v) is 19.5. The van der Waals surface area contributed by atoms with Gasteiger partial charge in [0.15, 0.2) is 0 Å².